The molecule has 0 aliphatic carbocycles. The average molecular weight is 504 g/mol. The van der Waals surface area contributed by atoms with Crippen LogP contribution in [0.2, 0.25) is 0 Å². The zero-order chi connectivity index (χ0) is 24.9. The highest BCUT2D eigenvalue weighted by Gasteiger charge is 2.38. The van der Waals surface area contributed by atoms with Crippen molar-refractivity contribution in [3.63, 3.8) is 0 Å². The van der Waals surface area contributed by atoms with Gasteiger partial charge in [-0.05, 0) is 55.5 Å². The Bertz CT molecular complexity index is 1670. The van der Waals surface area contributed by atoms with Crippen molar-refractivity contribution in [3.8, 4) is 33.3 Å². The van der Waals surface area contributed by atoms with Crippen LogP contribution in [0.5, 0.6) is 0 Å². The van der Waals surface area contributed by atoms with Crippen molar-refractivity contribution in [2.75, 3.05) is 0 Å². The fourth-order valence-corrected chi connectivity index (χ4v) is 4.53. The SMILES string of the molecule is Cc1ccc(-n2cc(-c3cncs3)nc2-c2ccc(-n3c(C(F)(F)F)nc4cccnc43)cc2)cn1. The van der Waals surface area contributed by atoms with E-state index < -0.39 is 12.0 Å². The van der Waals surface area contributed by atoms with Gasteiger partial charge in [-0.3, -0.25) is 19.1 Å². The maximum Gasteiger partial charge on any atom is 0.450 e. The smallest absolute Gasteiger partial charge is 0.298 e. The summed E-state index contributed by atoms with van der Waals surface area (Å²) in [6.07, 6.45) is 2.20. The number of benzene rings is 1. The first-order chi connectivity index (χ1) is 17.4. The van der Waals surface area contributed by atoms with Crippen LogP contribution in [-0.2, 0) is 6.18 Å². The largest absolute Gasteiger partial charge is 0.450 e. The molecule has 0 saturated carbocycles. The van der Waals surface area contributed by atoms with Crippen molar-refractivity contribution in [2.45, 2.75) is 13.1 Å². The Labute approximate surface area is 206 Å². The lowest BCUT2D eigenvalue weighted by atomic mass is 10.2. The summed E-state index contributed by atoms with van der Waals surface area (Å²) < 4.78 is 44.3. The molecule has 0 radical (unpaired) electrons. The number of rotatable bonds is 4. The third-order valence-electron chi connectivity index (χ3n) is 5.62. The second kappa shape index (κ2) is 8.38. The van der Waals surface area contributed by atoms with Crippen LogP contribution in [-0.4, -0.2) is 34.1 Å². The normalized spacial score (nSPS) is 11.9. The summed E-state index contributed by atoms with van der Waals surface area (Å²) in [5, 5.41) is 0. The average Bonchev–Trinajstić information content (AvgIpc) is 3.62. The highest BCUT2D eigenvalue weighted by Crippen LogP contribution is 2.34. The van der Waals surface area contributed by atoms with Crippen LogP contribution in [0.15, 0.2) is 78.8 Å². The molecule has 6 aromatic rings. The quantitative estimate of drug-likeness (QED) is 0.290. The first kappa shape index (κ1) is 22.1. The van der Waals surface area contributed by atoms with Gasteiger partial charge in [-0.25, -0.2) is 15.0 Å². The van der Waals surface area contributed by atoms with E-state index in [4.69, 9.17) is 4.98 Å². The van der Waals surface area contributed by atoms with Crippen LogP contribution in [0.1, 0.15) is 11.5 Å². The van der Waals surface area contributed by atoms with Gasteiger partial charge in [0.1, 0.15) is 17.0 Å². The summed E-state index contributed by atoms with van der Waals surface area (Å²) in [5.74, 6) is -0.399. The molecule has 0 N–H and O–H groups in total. The van der Waals surface area contributed by atoms with E-state index in [0.717, 1.165) is 32.1 Å². The second-order valence-electron chi connectivity index (χ2n) is 8.00. The minimum atomic E-state index is -4.64. The Balaban J connectivity index is 1.48. The first-order valence-electron chi connectivity index (χ1n) is 10.8. The Kier molecular flexibility index (Phi) is 5.15. The molecular weight excluding hydrogens is 487 g/mol. The van der Waals surface area contributed by atoms with Gasteiger partial charge in [0.05, 0.1) is 22.3 Å². The predicted octanol–water partition coefficient (Wildman–Crippen LogP) is 6.12. The number of halogens is 3. The number of fused-ring (bicyclic) bond motifs is 1. The molecule has 11 heteroatoms. The third kappa shape index (κ3) is 3.83. The van der Waals surface area contributed by atoms with E-state index in [9.17, 15) is 13.2 Å². The van der Waals surface area contributed by atoms with Gasteiger partial charge >= 0.3 is 6.18 Å². The molecule has 7 nitrogen and oxygen atoms in total. The zero-order valence-corrected chi connectivity index (χ0v) is 19.5. The summed E-state index contributed by atoms with van der Waals surface area (Å²) in [6, 6.07) is 13.6. The number of nitrogens with zero attached hydrogens (tertiary/aromatic N) is 7. The molecule has 0 fully saturated rings. The van der Waals surface area contributed by atoms with Gasteiger partial charge < -0.3 is 0 Å². The first-order valence-corrected chi connectivity index (χ1v) is 11.7. The number of pyridine rings is 2. The number of thiazole rings is 1. The van der Waals surface area contributed by atoms with Crippen molar-refractivity contribution in [1.82, 2.24) is 34.1 Å². The number of aromatic nitrogens is 7. The number of alkyl halides is 3. The van der Waals surface area contributed by atoms with Gasteiger partial charge in [-0.2, -0.15) is 13.2 Å². The van der Waals surface area contributed by atoms with Crippen molar-refractivity contribution < 1.29 is 13.2 Å². The summed E-state index contributed by atoms with van der Waals surface area (Å²) in [5.41, 5.74) is 5.49. The van der Waals surface area contributed by atoms with Crippen molar-refractivity contribution in [3.05, 3.63) is 90.3 Å². The van der Waals surface area contributed by atoms with Gasteiger partial charge in [0.25, 0.3) is 0 Å². The fourth-order valence-electron chi connectivity index (χ4n) is 3.95. The Morgan fingerprint density at radius 3 is 2.39 bits per heavy atom. The molecular formula is C25H16F3N7S. The fraction of sp³-hybridized carbons (Fsp3) is 0.0800. The van der Waals surface area contributed by atoms with Gasteiger partial charge in [-0.15, -0.1) is 11.3 Å². The lowest BCUT2D eigenvalue weighted by molar-refractivity contribution is -0.145. The summed E-state index contributed by atoms with van der Waals surface area (Å²) >= 11 is 1.47. The predicted molar refractivity (Wildman–Crippen MR) is 130 cm³/mol. The number of aryl methyl sites for hydroxylation is 1. The molecule has 5 aromatic heterocycles. The monoisotopic (exact) mass is 503 g/mol. The second-order valence-corrected chi connectivity index (χ2v) is 8.89. The van der Waals surface area contributed by atoms with E-state index in [0.29, 0.717) is 11.5 Å². The van der Waals surface area contributed by atoms with E-state index in [1.165, 1.54) is 23.6 Å². The van der Waals surface area contributed by atoms with Gasteiger partial charge in [0.15, 0.2) is 5.65 Å². The van der Waals surface area contributed by atoms with Crippen molar-refractivity contribution in [2.24, 2.45) is 0 Å². The molecule has 36 heavy (non-hydrogen) atoms. The lowest BCUT2D eigenvalue weighted by Gasteiger charge is -2.12. The number of hydrogen-bond donors (Lipinski definition) is 0. The molecule has 0 bridgehead atoms. The van der Waals surface area contributed by atoms with Crippen molar-refractivity contribution >= 4 is 22.5 Å². The topological polar surface area (TPSA) is 74.3 Å². The van der Waals surface area contributed by atoms with E-state index >= 15 is 0 Å². The van der Waals surface area contributed by atoms with E-state index in [-0.39, 0.29) is 11.2 Å². The molecule has 6 rings (SSSR count). The van der Waals surface area contributed by atoms with Crippen LogP contribution in [0.25, 0.3) is 44.5 Å². The molecule has 178 valence electrons. The van der Waals surface area contributed by atoms with E-state index in [1.807, 2.05) is 29.8 Å². The van der Waals surface area contributed by atoms with E-state index in [2.05, 4.69) is 19.9 Å². The molecule has 0 unspecified atom stereocenters. The minimum Gasteiger partial charge on any atom is -0.298 e. The minimum absolute atomic E-state index is 0.136. The summed E-state index contributed by atoms with van der Waals surface area (Å²) in [7, 11) is 0. The van der Waals surface area contributed by atoms with Gasteiger partial charge in [-0.1, -0.05) is 0 Å². The van der Waals surface area contributed by atoms with Gasteiger partial charge in [0.2, 0.25) is 5.82 Å². The molecule has 0 amide bonds. The van der Waals surface area contributed by atoms with E-state index in [1.54, 1.807) is 48.2 Å². The molecule has 0 saturated heterocycles. The molecule has 5 heterocycles. The lowest BCUT2D eigenvalue weighted by Crippen LogP contribution is -2.14. The highest BCUT2D eigenvalue weighted by atomic mass is 32.1. The molecule has 0 atom stereocenters. The van der Waals surface area contributed by atoms with Crippen LogP contribution >= 0.6 is 11.3 Å². The van der Waals surface area contributed by atoms with Crippen LogP contribution < -0.4 is 0 Å². The van der Waals surface area contributed by atoms with Crippen LogP contribution in [0.4, 0.5) is 13.2 Å². The molecule has 0 aliphatic heterocycles. The summed E-state index contributed by atoms with van der Waals surface area (Å²) in [4.78, 5) is 22.2. The maximum absolute atomic E-state index is 13.8. The van der Waals surface area contributed by atoms with Gasteiger partial charge in [0, 0.05) is 35.5 Å². The molecule has 0 aliphatic rings. The Morgan fingerprint density at radius 2 is 1.69 bits per heavy atom. The Morgan fingerprint density at radius 1 is 0.889 bits per heavy atom. The maximum atomic E-state index is 13.8. The van der Waals surface area contributed by atoms with Crippen LogP contribution in [0.3, 0.4) is 0 Å². The molecule has 1 aromatic carbocycles. The van der Waals surface area contributed by atoms with Crippen molar-refractivity contribution in [1.29, 1.82) is 0 Å². The number of imidazole rings is 2. The summed E-state index contributed by atoms with van der Waals surface area (Å²) in [6.45, 7) is 1.91. The number of hydrogen-bond acceptors (Lipinski definition) is 6. The Hall–Kier alpha value is -4.38. The van der Waals surface area contributed by atoms with Crippen LogP contribution in [0, 0.1) is 6.92 Å². The third-order valence-corrected chi connectivity index (χ3v) is 6.41. The standard InChI is InChI=1S/C25H16F3N7S/c1-15-4-7-18(11-31-15)34-13-20(21-12-29-14-36-21)32-22(34)16-5-8-17(9-6-16)35-23-19(3-2-10-30-23)33-24(35)25(26,27)28/h2-14H,1H3. The zero-order valence-electron chi connectivity index (χ0n) is 18.7. The highest BCUT2D eigenvalue weighted by molar-refractivity contribution is 7.13. The molecule has 0 spiro atoms.